The molecule has 0 saturated heterocycles. The van der Waals surface area contributed by atoms with Crippen LogP contribution in [0.15, 0.2) is 59.1 Å². The van der Waals surface area contributed by atoms with Crippen molar-refractivity contribution >= 4 is 21.9 Å². The third-order valence-electron chi connectivity index (χ3n) is 2.42. The summed E-state index contributed by atoms with van der Waals surface area (Å²) in [6.07, 6.45) is -0.665. The molecule has 1 unspecified atom stereocenters. The highest BCUT2D eigenvalue weighted by Crippen LogP contribution is 2.18. The molecule has 0 saturated carbocycles. The highest BCUT2D eigenvalue weighted by atomic mass is 79.9. The van der Waals surface area contributed by atoms with Crippen molar-refractivity contribution in [3.05, 3.63) is 59.1 Å². The molecule has 2 aromatic carbocycles. The summed E-state index contributed by atoms with van der Waals surface area (Å²) < 4.78 is 11.7. The van der Waals surface area contributed by atoms with Crippen LogP contribution >= 0.6 is 15.9 Å². The number of hydrogen-bond donors (Lipinski definition) is 0. The van der Waals surface area contributed by atoms with Gasteiger partial charge in [0.1, 0.15) is 11.5 Å². The Morgan fingerprint density at radius 2 is 1.63 bits per heavy atom. The maximum atomic E-state index is 11.8. The Kier molecular flexibility index (Phi) is 4.58. The molecule has 0 aliphatic heterocycles. The van der Waals surface area contributed by atoms with Gasteiger partial charge in [-0.1, -0.05) is 34.1 Å². The van der Waals surface area contributed by atoms with E-state index in [2.05, 4.69) is 15.9 Å². The van der Waals surface area contributed by atoms with Gasteiger partial charge >= 0.3 is 5.97 Å². The lowest BCUT2D eigenvalue weighted by atomic mass is 10.3. The fourth-order valence-corrected chi connectivity index (χ4v) is 1.72. The summed E-state index contributed by atoms with van der Waals surface area (Å²) in [6, 6.07) is 16.2. The summed E-state index contributed by atoms with van der Waals surface area (Å²) in [7, 11) is 0. The van der Waals surface area contributed by atoms with E-state index in [1.165, 1.54) is 0 Å². The van der Waals surface area contributed by atoms with Crippen molar-refractivity contribution in [2.45, 2.75) is 13.0 Å². The van der Waals surface area contributed by atoms with Crippen molar-refractivity contribution in [3.63, 3.8) is 0 Å². The number of esters is 1. The first-order chi connectivity index (χ1) is 9.15. The molecule has 0 spiro atoms. The van der Waals surface area contributed by atoms with E-state index in [4.69, 9.17) is 9.47 Å². The fourth-order valence-electron chi connectivity index (χ4n) is 1.45. The van der Waals surface area contributed by atoms with Gasteiger partial charge in [0, 0.05) is 4.47 Å². The van der Waals surface area contributed by atoms with Crippen LogP contribution in [0.2, 0.25) is 0 Å². The van der Waals surface area contributed by atoms with Gasteiger partial charge in [-0.05, 0) is 43.3 Å². The minimum absolute atomic E-state index is 0.422. The van der Waals surface area contributed by atoms with Crippen molar-refractivity contribution in [2.24, 2.45) is 0 Å². The van der Waals surface area contributed by atoms with Gasteiger partial charge in [0.05, 0.1) is 0 Å². The number of ether oxygens (including phenoxy) is 2. The molecule has 1 atom stereocenters. The number of benzene rings is 2. The van der Waals surface area contributed by atoms with E-state index in [1.54, 1.807) is 31.2 Å². The van der Waals surface area contributed by atoms with Gasteiger partial charge in [0.2, 0.25) is 0 Å². The summed E-state index contributed by atoms with van der Waals surface area (Å²) in [6.45, 7) is 1.66. The lowest BCUT2D eigenvalue weighted by molar-refractivity contribution is -0.141. The summed E-state index contributed by atoms with van der Waals surface area (Å²) in [5, 5.41) is 0. The minimum Gasteiger partial charge on any atom is -0.479 e. The number of halogens is 1. The van der Waals surface area contributed by atoms with E-state index in [-0.39, 0.29) is 0 Å². The number of hydrogen-bond acceptors (Lipinski definition) is 3. The second kappa shape index (κ2) is 6.38. The van der Waals surface area contributed by atoms with E-state index >= 15 is 0 Å². The average molecular weight is 321 g/mol. The molecule has 4 heteroatoms. The molecule has 0 amide bonds. The predicted molar refractivity (Wildman–Crippen MR) is 76.3 cm³/mol. The van der Waals surface area contributed by atoms with Crippen LogP contribution in [0.3, 0.4) is 0 Å². The molecule has 2 aromatic rings. The van der Waals surface area contributed by atoms with E-state index in [1.807, 2.05) is 30.3 Å². The van der Waals surface area contributed by atoms with Crippen molar-refractivity contribution in [1.82, 2.24) is 0 Å². The molecule has 0 bridgehead atoms. The third-order valence-corrected chi connectivity index (χ3v) is 2.95. The van der Waals surface area contributed by atoms with Gasteiger partial charge in [-0.25, -0.2) is 4.79 Å². The Morgan fingerprint density at radius 3 is 2.26 bits per heavy atom. The number of rotatable bonds is 4. The molecule has 0 fully saturated rings. The highest BCUT2D eigenvalue weighted by molar-refractivity contribution is 9.10. The van der Waals surface area contributed by atoms with Gasteiger partial charge < -0.3 is 9.47 Å². The molecule has 0 radical (unpaired) electrons. The smallest absolute Gasteiger partial charge is 0.352 e. The zero-order valence-electron chi connectivity index (χ0n) is 10.4. The lowest BCUT2D eigenvalue weighted by Crippen LogP contribution is -2.28. The Balaban J connectivity index is 1.94. The second-order valence-corrected chi connectivity index (χ2v) is 4.86. The monoisotopic (exact) mass is 320 g/mol. The zero-order valence-corrected chi connectivity index (χ0v) is 12.0. The quantitative estimate of drug-likeness (QED) is 0.634. The summed E-state index contributed by atoms with van der Waals surface area (Å²) >= 11 is 3.34. The van der Waals surface area contributed by atoms with E-state index < -0.39 is 12.1 Å². The first-order valence-corrected chi connectivity index (χ1v) is 6.63. The summed E-state index contributed by atoms with van der Waals surface area (Å²) in [5.74, 6) is 0.716. The van der Waals surface area contributed by atoms with Gasteiger partial charge in [-0.2, -0.15) is 0 Å². The van der Waals surface area contributed by atoms with Crippen molar-refractivity contribution in [3.8, 4) is 11.5 Å². The molecule has 0 aliphatic carbocycles. The molecule has 0 N–H and O–H groups in total. The topological polar surface area (TPSA) is 35.5 Å². The van der Waals surface area contributed by atoms with Crippen LogP contribution in [-0.4, -0.2) is 12.1 Å². The van der Waals surface area contributed by atoms with E-state index in [0.717, 1.165) is 4.47 Å². The highest BCUT2D eigenvalue weighted by Gasteiger charge is 2.17. The van der Waals surface area contributed by atoms with Gasteiger partial charge in [-0.15, -0.1) is 0 Å². The number of carbonyl (C=O) groups is 1. The van der Waals surface area contributed by atoms with Crippen LogP contribution in [0, 0.1) is 0 Å². The predicted octanol–water partition coefficient (Wildman–Crippen LogP) is 3.82. The first kappa shape index (κ1) is 13.6. The van der Waals surface area contributed by atoms with Crippen LogP contribution in [0.1, 0.15) is 6.92 Å². The van der Waals surface area contributed by atoms with Crippen molar-refractivity contribution in [2.75, 3.05) is 0 Å². The van der Waals surface area contributed by atoms with E-state index in [9.17, 15) is 4.79 Å². The molecular weight excluding hydrogens is 308 g/mol. The Bertz CT molecular complexity index is 537. The Morgan fingerprint density at radius 1 is 1.00 bits per heavy atom. The standard InChI is InChI=1S/C15H13BrO3/c1-11(18-14-9-7-12(16)8-10-14)15(17)19-13-5-3-2-4-6-13/h2-11H,1H3. The third kappa shape index (κ3) is 4.10. The summed E-state index contributed by atoms with van der Waals surface area (Å²) in [4.78, 5) is 11.8. The molecule has 3 nitrogen and oxygen atoms in total. The zero-order chi connectivity index (χ0) is 13.7. The van der Waals surface area contributed by atoms with Crippen LogP contribution in [-0.2, 0) is 4.79 Å². The normalized spacial score (nSPS) is 11.7. The van der Waals surface area contributed by atoms with Gasteiger partial charge in [0.15, 0.2) is 6.10 Å². The van der Waals surface area contributed by atoms with Crippen LogP contribution in [0.4, 0.5) is 0 Å². The molecule has 2 rings (SSSR count). The van der Waals surface area contributed by atoms with Gasteiger partial charge in [-0.3, -0.25) is 0 Å². The van der Waals surface area contributed by atoms with Crippen molar-refractivity contribution in [1.29, 1.82) is 0 Å². The molecule has 98 valence electrons. The van der Waals surface area contributed by atoms with Crippen LogP contribution in [0.25, 0.3) is 0 Å². The SMILES string of the molecule is CC(Oc1ccc(Br)cc1)C(=O)Oc1ccccc1. The molecule has 0 aromatic heterocycles. The maximum absolute atomic E-state index is 11.8. The van der Waals surface area contributed by atoms with Crippen LogP contribution in [0.5, 0.6) is 11.5 Å². The lowest BCUT2D eigenvalue weighted by Gasteiger charge is -2.13. The number of para-hydroxylation sites is 1. The molecule has 19 heavy (non-hydrogen) atoms. The van der Waals surface area contributed by atoms with E-state index in [0.29, 0.717) is 11.5 Å². The van der Waals surface area contributed by atoms with Gasteiger partial charge in [0.25, 0.3) is 0 Å². The first-order valence-electron chi connectivity index (χ1n) is 5.84. The van der Waals surface area contributed by atoms with Crippen molar-refractivity contribution < 1.29 is 14.3 Å². The second-order valence-electron chi connectivity index (χ2n) is 3.95. The minimum atomic E-state index is -0.665. The Hall–Kier alpha value is -1.81. The Labute approximate surface area is 120 Å². The molecular formula is C15H13BrO3. The maximum Gasteiger partial charge on any atom is 0.352 e. The fraction of sp³-hybridized carbons (Fsp3) is 0.133. The molecule has 0 aliphatic rings. The summed E-state index contributed by atoms with van der Waals surface area (Å²) in [5.41, 5.74) is 0. The average Bonchev–Trinajstić information content (AvgIpc) is 2.42. The van der Waals surface area contributed by atoms with Crippen LogP contribution < -0.4 is 9.47 Å². The largest absolute Gasteiger partial charge is 0.479 e. The molecule has 0 heterocycles. The number of carbonyl (C=O) groups excluding carboxylic acids is 1.